The van der Waals surface area contributed by atoms with E-state index in [2.05, 4.69) is 20.9 Å². The van der Waals surface area contributed by atoms with Crippen LogP contribution >= 0.6 is 11.6 Å². The molecule has 166 valence electrons. The van der Waals surface area contributed by atoms with Gasteiger partial charge in [0, 0.05) is 35.5 Å². The maximum absolute atomic E-state index is 12.3. The standard InChI is InChI=1S/C25H21ClN4O3/c26-21-9-5-4-8-20(21)22-16-27-24(33-22)15-14-23(31)28-18-10-12-19(13-11-18)30-25(32)29-17-6-2-1-3-7-17/h1-13,16H,14-15H2,(H,28,31)(H2,29,30,32). The van der Waals surface area contributed by atoms with Crippen LogP contribution in [0.4, 0.5) is 21.9 Å². The maximum atomic E-state index is 12.3. The Morgan fingerprint density at radius 2 is 1.39 bits per heavy atom. The number of hydrogen-bond donors (Lipinski definition) is 3. The van der Waals surface area contributed by atoms with Crippen LogP contribution in [0.1, 0.15) is 12.3 Å². The molecule has 0 atom stereocenters. The van der Waals surface area contributed by atoms with Gasteiger partial charge in [-0.3, -0.25) is 4.79 Å². The molecule has 7 nitrogen and oxygen atoms in total. The molecule has 4 aromatic rings. The lowest BCUT2D eigenvalue weighted by molar-refractivity contribution is -0.116. The molecular weight excluding hydrogens is 440 g/mol. The van der Waals surface area contributed by atoms with Crippen LogP contribution in [0.15, 0.2) is 89.5 Å². The van der Waals surface area contributed by atoms with E-state index in [1.807, 2.05) is 36.4 Å². The van der Waals surface area contributed by atoms with E-state index >= 15 is 0 Å². The van der Waals surface area contributed by atoms with Crippen molar-refractivity contribution >= 4 is 40.6 Å². The summed E-state index contributed by atoms with van der Waals surface area (Å²) in [4.78, 5) is 28.6. The summed E-state index contributed by atoms with van der Waals surface area (Å²) in [6.07, 6.45) is 2.17. The molecule has 0 aliphatic heterocycles. The molecule has 33 heavy (non-hydrogen) atoms. The molecule has 3 aromatic carbocycles. The van der Waals surface area contributed by atoms with Crippen molar-refractivity contribution < 1.29 is 14.0 Å². The van der Waals surface area contributed by atoms with Gasteiger partial charge in [-0.25, -0.2) is 9.78 Å². The predicted octanol–water partition coefficient (Wildman–Crippen LogP) is 6.21. The van der Waals surface area contributed by atoms with Gasteiger partial charge >= 0.3 is 6.03 Å². The first-order chi connectivity index (χ1) is 16.1. The molecule has 0 saturated carbocycles. The summed E-state index contributed by atoms with van der Waals surface area (Å²) in [5.41, 5.74) is 2.68. The third-order valence-corrected chi connectivity index (χ3v) is 5.05. The number of para-hydroxylation sites is 1. The molecule has 4 rings (SSSR count). The smallest absolute Gasteiger partial charge is 0.323 e. The lowest BCUT2D eigenvalue weighted by Gasteiger charge is -2.09. The number of nitrogens with one attached hydrogen (secondary N) is 3. The van der Waals surface area contributed by atoms with Crippen molar-refractivity contribution in [2.24, 2.45) is 0 Å². The van der Waals surface area contributed by atoms with Crippen LogP contribution in [0.2, 0.25) is 5.02 Å². The number of urea groups is 1. The van der Waals surface area contributed by atoms with Gasteiger partial charge in [0.2, 0.25) is 5.91 Å². The maximum Gasteiger partial charge on any atom is 0.323 e. The van der Waals surface area contributed by atoms with Crippen LogP contribution in [0.3, 0.4) is 0 Å². The van der Waals surface area contributed by atoms with Gasteiger partial charge in [0.25, 0.3) is 0 Å². The Kier molecular flexibility index (Phi) is 7.02. The van der Waals surface area contributed by atoms with Crippen molar-refractivity contribution in [1.82, 2.24) is 4.98 Å². The van der Waals surface area contributed by atoms with Gasteiger partial charge in [-0.05, 0) is 48.5 Å². The van der Waals surface area contributed by atoms with Crippen LogP contribution < -0.4 is 16.0 Å². The van der Waals surface area contributed by atoms with Crippen molar-refractivity contribution in [3.05, 3.63) is 96.0 Å². The number of hydrogen-bond acceptors (Lipinski definition) is 4. The molecule has 3 N–H and O–H groups in total. The van der Waals surface area contributed by atoms with Crippen molar-refractivity contribution in [2.45, 2.75) is 12.8 Å². The average molecular weight is 461 g/mol. The highest BCUT2D eigenvalue weighted by Gasteiger charge is 2.11. The fourth-order valence-corrected chi connectivity index (χ4v) is 3.34. The van der Waals surface area contributed by atoms with Crippen molar-refractivity contribution in [3.8, 4) is 11.3 Å². The number of nitrogens with zero attached hydrogens (tertiary/aromatic N) is 1. The van der Waals surface area contributed by atoms with E-state index in [1.165, 1.54) is 0 Å². The number of aryl methyl sites for hydroxylation is 1. The minimum atomic E-state index is -0.347. The summed E-state index contributed by atoms with van der Waals surface area (Å²) >= 11 is 6.18. The zero-order valence-corrected chi connectivity index (χ0v) is 18.3. The summed E-state index contributed by atoms with van der Waals surface area (Å²) in [7, 11) is 0. The molecule has 3 amide bonds. The van der Waals surface area contributed by atoms with Crippen LogP contribution in [0, 0.1) is 0 Å². The minimum absolute atomic E-state index is 0.171. The molecule has 0 fully saturated rings. The van der Waals surface area contributed by atoms with Gasteiger partial charge in [-0.1, -0.05) is 41.9 Å². The fraction of sp³-hybridized carbons (Fsp3) is 0.0800. The third-order valence-electron chi connectivity index (χ3n) is 4.72. The van der Waals surface area contributed by atoms with E-state index in [4.69, 9.17) is 16.0 Å². The second-order valence-corrected chi connectivity index (χ2v) is 7.58. The number of rotatable bonds is 7. The first kappa shape index (κ1) is 22.1. The largest absolute Gasteiger partial charge is 0.441 e. The molecular formula is C25H21ClN4O3. The first-order valence-electron chi connectivity index (χ1n) is 10.3. The monoisotopic (exact) mass is 460 g/mol. The Balaban J connectivity index is 1.25. The summed E-state index contributed by atoms with van der Waals surface area (Å²) in [6.45, 7) is 0. The first-order valence-corrected chi connectivity index (χ1v) is 10.7. The summed E-state index contributed by atoms with van der Waals surface area (Å²) in [6, 6.07) is 23.0. The number of carbonyl (C=O) groups is 2. The van der Waals surface area contributed by atoms with E-state index in [9.17, 15) is 9.59 Å². The van der Waals surface area contributed by atoms with Gasteiger partial charge in [0.05, 0.1) is 11.2 Å². The second-order valence-electron chi connectivity index (χ2n) is 7.17. The summed E-state index contributed by atoms with van der Waals surface area (Å²) < 4.78 is 5.72. The van der Waals surface area contributed by atoms with E-state index < -0.39 is 0 Å². The van der Waals surface area contributed by atoms with Crippen LogP contribution in [0.25, 0.3) is 11.3 Å². The normalized spacial score (nSPS) is 10.5. The molecule has 0 aliphatic carbocycles. The highest BCUT2D eigenvalue weighted by atomic mass is 35.5. The van der Waals surface area contributed by atoms with Crippen LogP contribution in [-0.4, -0.2) is 16.9 Å². The van der Waals surface area contributed by atoms with Gasteiger partial charge in [-0.15, -0.1) is 0 Å². The highest BCUT2D eigenvalue weighted by molar-refractivity contribution is 6.33. The van der Waals surface area contributed by atoms with Crippen LogP contribution in [0.5, 0.6) is 0 Å². The van der Waals surface area contributed by atoms with E-state index in [1.54, 1.807) is 48.7 Å². The predicted molar refractivity (Wildman–Crippen MR) is 129 cm³/mol. The number of carbonyl (C=O) groups excluding carboxylic acids is 2. The average Bonchev–Trinajstić information content (AvgIpc) is 3.29. The Labute approximate surface area is 195 Å². The third kappa shape index (κ3) is 6.21. The Hall–Kier alpha value is -4.10. The van der Waals surface area contributed by atoms with Gasteiger partial charge < -0.3 is 20.4 Å². The van der Waals surface area contributed by atoms with E-state index in [0.717, 1.165) is 5.56 Å². The molecule has 0 bridgehead atoms. The van der Waals surface area contributed by atoms with Crippen molar-refractivity contribution in [3.63, 3.8) is 0 Å². The summed E-state index contributed by atoms with van der Waals surface area (Å²) in [5.74, 6) is 0.856. The SMILES string of the molecule is O=C(CCc1ncc(-c2ccccc2Cl)o1)Nc1ccc(NC(=O)Nc2ccccc2)cc1. The Morgan fingerprint density at radius 3 is 2.09 bits per heavy atom. The quantitative estimate of drug-likeness (QED) is 0.305. The molecule has 0 unspecified atom stereocenters. The molecule has 1 heterocycles. The molecule has 0 saturated heterocycles. The van der Waals surface area contributed by atoms with Gasteiger partial charge in [0.1, 0.15) is 0 Å². The molecule has 0 radical (unpaired) electrons. The molecule has 1 aromatic heterocycles. The molecule has 0 aliphatic rings. The lowest BCUT2D eigenvalue weighted by Crippen LogP contribution is -2.19. The number of anilines is 3. The summed E-state index contributed by atoms with van der Waals surface area (Å²) in [5, 5.41) is 8.89. The van der Waals surface area contributed by atoms with Crippen LogP contribution in [-0.2, 0) is 11.2 Å². The molecule has 0 spiro atoms. The zero-order valence-electron chi connectivity index (χ0n) is 17.5. The minimum Gasteiger partial charge on any atom is -0.441 e. The van der Waals surface area contributed by atoms with E-state index in [-0.39, 0.29) is 18.4 Å². The van der Waals surface area contributed by atoms with Crippen molar-refractivity contribution in [2.75, 3.05) is 16.0 Å². The number of halogens is 1. The Bertz CT molecular complexity index is 1240. The van der Waals surface area contributed by atoms with E-state index in [0.29, 0.717) is 40.2 Å². The lowest BCUT2D eigenvalue weighted by atomic mass is 10.2. The molecule has 8 heteroatoms. The fourth-order valence-electron chi connectivity index (χ4n) is 3.11. The number of oxazole rings is 1. The van der Waals surface area contributed by atoms with Gasteiger partial charge in [0.15, 0.2) is 11.7 Å². The topological polar surface area (TPSA) is 96.3 Å². The number of aromatic nitrogens is 1. The highest BCUT2D eigenvalue weighted by Crippen LogP contribution is 2.28. The Morgan fingerprint density at radius 1 is 0.788 bits per heavy atom. The van der Waals surface area contributed by atoms with Gasteiger partial charge in [-0.2, -0.15) is 0 Å². The zero-order chi connectivity index (χ0) is 23.0. The number of amides is 3. The van der Waals surface area contributed by atoms with Crippen molar-refractivity contribution in [1.29, 1.82) is 0 Å². The second kappa shape index (κ2) is 10.5. The number of benzene rings is 3.